The van der Waals surface area contributed by atoms with Gasteiger partial charge in [-0.25, -0.2) is 0 Å². The molecule has 3 aliphatic carbocycles. The summed E-state index contributed by atoms with van der Waals surface area (Å²) >= 11 is 0. The maximum absolute atomic E-state index is 11.6. The molecule has 2 bridgehead atoms. The lowest BCUT2D eigenvalue weighted by molar-refractivity contribution is -0.153. The molecule has 3 rings (SSSR count). The Morgan fingerprint density at radius 1 is 1.33 bits per heavy atom. The van der Waals surface area contributed by atoms with Crippen LogP contribution >= 0.6 is 0 Å². The third-order valence-corrected chi connectivity index (χ3v) is 6.54. The summed E-state index contributed by atoms with van der Waals surface area (Å²) in [6.07, 6.45) is 6.05. The van der Waals surface area contributed by atoms with Crippen molar-refractivity contribution >= 4 is 5.97 Å². The molecule has 1 N–H and O–H groups in total. The number of fused-ring (bicyclic) bond motifs is 5. The molecular weight excluding hydrogens is 224 g/mol. The van der Waals surface area contributed by atoms with Crippen LogP contribution in [0.2, 0.25) is 0 Å². The first-order valence-corrected chi connectivity index (χ1v) is 7.72. The van der Waals surface area contributed by atoms with E-state index in [0.717, 1.165) is 30.1 Å². The molecule has 2 heteroatoms. The standard InChI is InChI=1S/C16H26O2/c1-4-5-10-6-9(2)13-11-7-12(14(10)13)16(3,8-11)15(17)18/h9-14H,4-8H2,1-3H3,(H,17,18). The van der Waals surface area contributed by atoms with Crippen molar-refractivity contribution in [2.75, 3.05) is 0 Å². The third kappa shape index (κ3) is 1.44. The van der Waals surface area contributed by atoms with Crippen molar-refractivity contribution in [3.63, 3.8) is 0 Å². The first kappa shape index (κ1) is 12.5. The van der Waals surface area contributed by atoms with E-state index >= 15 is 0 Å². The van der Waals surface area contributed by atoms with Gasteiger partial charge in [-0.2, -0.15) is 0 Å². The van der Waals surface area contributed by atoms with Crippen LogP contribution in [0.4, 0.5) is 0 Å². The lowest BCUT2D eigenvalue weighted by Crippen LogP contribution is -2.41. The molecule has 3 aliphatic rings. The zero-order valence-electron chi connectivity index (χ0n) is 11.9. The van der Waals surface area contributed by atoms with Gasteiger partial charge in [0.1, 0.15) is 0 Å². The Bertz CT molecular complexity index is 364. The number of carbonyl (C=O) groups is 1. The van der Waals surface area contributed by atoms with Crippen molar-refractivity contribution in [1.82, 2.24) is 0 Å². The molecule has 0 radical (unpaired) electrons. The van der Waals surface area contributed by atoms with Crippen LogP contribution < -0.4 is 0 Å². The lowest BCUT2D eigenvalue weighted by Gasteiger charge is -2.40. The molecule has 3 fully saturated rings. The van der Waals surface area contributed by atoms with Crippen molar-refractivity contribution < 1.29 is 9.90 Å². The first-order chi connectivity index (χ1) is 8.49. The van der Waals surface area contributed by atoms with E-state index in [1.54, 1.807) is 0 Å². The van der Waals surface area contributed by atoms with Gasteiger partial charge < -0.3 is 5.11 Å². The summed E-state index contributed by atoms with van der Waals surface area (Å²) in [7, 11) is 0. The molecule has 7 unspecified atom stereocenters. The predicted octanol–water partition coefficient (Wildman–Crippen LogP) is 3.81. The van der Waals surface area contributed by atoms with Gasteiger partial charge in [0.25, 0.3) is 0 Å². The molecule has 0 aromatic rings. The van der Waals surface area contributed by atoms with Crippen LogP contribution in [0.3, 0.4) is 0 Å². The molecule has 0 heterocycles. The Morgan fingerprint density at radius 3 is 2.67 bits per heavy atom. The molecule has 0 aromatic carbocycles. The lowest BCUT2D eigenvalue weighted by atomic mass is 9.63. The number of aliphatic carboxylic acids is 1. The van der Waals surface area contributed by atoms with Gasteiger partial charge in [0.05, 0.1) is 5.41 Å². The van der Waals surface area contributed by atoms with Gasteiger partial charge in [-0.05, 0) is 61.7 Å². The molecule has 3 saturated carbocycles. The Labute approximate surface area is 110 Å². The molecule has 7 atom stereocenters. The number of hydrogen-bond donors (Lipinski definition) is 1. The van der Waals surface area contributed by atoms with E-state index in [0.29, 0.717) is 11.8 Å². The maximum atomic E-state index is 11.6. The molecule has 0 aliphatic heterocycles. The highest BCUT2D eigenvalue weighted by atomic mass is 16.4. The highest BCUT2D eigenvalue weighted by Crippen LogP contribution is 2.68. The Kier molecular flexibility index (Phi) is 2.76. The van der Waals surface area contributed by atoms with Crippen LogP contribution in [0.15, 0.2) is 0 Å². The summed E-state index contributed by atoms with van der Waals surface area (Å²) in [6, 6.07) is 0. The van der Waals surface area contributed by atoms with Gasteiger partial charge >= 0.3 is 5.97 Å². The van der Waals surface area contributed by atoms with Gasteiger partial charge in [0, 0.05) is 0 Å². The van der Waals surface area contributed by atoms with Crippen molar-refractivity contribution in [2.45, 2.75) is 52.9 Å². The Balaban J connectivity index is 1.89. The van der Waals surface area contributed by atoms with E-state index < -0.39 is 11.4 Å². The van der Waals surface area contributed by atoms with Crippen molar-refractivity contribution in [1.29, 1.82) is 0 Å². The Hall–Kier alpha value is -0.530. The summed E-state index contributed by atoms with van der Waals surface area (Å²) < 4.78 is 0. The second-order valence-electron chi connectivity index (χ2n) is 7.45. The van der Waals surface area contributed by atoms with Gasteiger partial charge in [-0.1, -0.05) is 26.7 Å². The maximum Gasteiger partial charge on any atom is 0.309 e. The van der Waals surface area contributed by atoms with E-state index in [4.69, 9.17) is 0 Å². The van der Waals surface area contributed by atoms with Crippen molar-refractivity contribution in [3.05, 3.63) is 0 Å². The van der Waals surface area contributed by atoms with Crippen LogP contribution in [-0.2, 0) is 4.79 Å². The fourth-order valence-corrected chi connectivity index (χ4v) is 6.03. The minimum atomic E-state index is -0.539. The van der Waals surface area contributed by atoms with Gasteiger partial charge in [-0.3, -0.25) is 4.79 Å². The zero-order chi connectivity index (χ0) is 13.1. The monoisotopic (exact) mass is 250 g/mol. The largest absolute Gasteiger partial charge is 0.481 e. The average molecular weight is 250 g/mol. The fourth-order valence-electron chi connectivity index (χ4n) is 6.03. The van der Waals surface area contributed by atoms with Crippen LogP contribution in [0, 0.1) is 40.9 Å². The van der Waals surface area contributed by atoms with Crippen LogP contribution in [-0.4, -0.2) is 11.1 Å². The van der Waals surface area contributed by atoms with Crippen LogP contribution in [0.25, 0.3) is 0 Å². The summed E-state index contributed by atoms with van der Waals surface area (Å²) in [5.41, 5.74) is -0.415. The van der Waals surface area contributed by atoms with Gasteiger partial charge in [0.15, 0.2) is 0 Å². The molecular formula is C16H26O2. The van der Waals surface area contributed by atoms with E-state index in [1.165, 1.54) is 25.7 Å². The minimum Gasteiger partial charge on any atom is -0.481 e. The number of carboxylic acids is 1. The fraction of sp³-hybridized carbons (Fsp3) is 0.938. The molecule has 0 spiro atoms. The third-order valence-electron chi connectivity index (χ3n) is 6.54. The summed E-state index contributed by atoms with van der Waals surface area (Å²) in [5, 5.41) is 9.60. The zero-order valence-corrected chi connectivity index (χ0v) is 11.9. The van der Waals surface area contributed by atoms with Crippen LogP contribution in [0.5, 0.6) is 0 Å². The molecule has 102 valence electrons. The van der Waals surface area contributed by atoms with Gasteiger partial charge in [0.2, 0.25) is 0 Å². The van der Waals surface area contributed by atoms with E-state index in [1.807, 2.05) is 6.92 Å². The number of hydrogen-bond acceptors (Lipinski definition) is 1. The summed E-state index contributed by atoms with van der Waals surface area (Å²) in [5.74, 6) is 3.84. The average Bonchev–Trinajstić information content (AvgIpc) is 2.91. The second kappa shape index (κ2) is 3.98. The van der Waals surface area contributed by atoms with E-state index in [-0.39, 0.29) is 0 Å². The summed E-state index contributed by atoms with van der Waals surface area (Å²) in [6.45, 7) is 6.69. The minimum absolute atomic E-state index is 0.415. The smallest absolute Gasteiger partial charge is 0.309 e. The molecule has 0 amide bonds. The second-order valence-corrected chi connectivity index (χ2v) is 7.45. The molecule has 0 saturated heterocycles. The number of carboxylic acid groups (broad SMARTS) is 1. The quantitative estimate of drug-likeness (QED) is 0.827. The van der Waals surface area contributed by atoms with E-state index in [9.17, 15) is 9.90 Å². The van der Waals surface area contributed by atoms with E-state index in [2.05, 4.69) is 13.8 Å². The number of rotatable bonds is 3. The normalized spacial score (nSPS) is 53.7. The van der Waals surface area contributed by atoms with Crippen molar-refractivity contribution in [3.8, 4) is 0 Å². The van der Waals surface area contributed by atoms with Crippen LogP contribution in [0.1, 0.15) is 52.9 Å². The van der Waals surface area contributed by atoms with Crippen molar-refractivity contribution in [2.24, 2.45) is 40.9 Å². The highest BCUT2D eigenvalue weighted by molar-refractivity contribution is 5.75. The predicted molar refractivity (Wildman–Crippen MR) is 71.1 cm³/mol. The highest BCUT2D eigenvalue weighted by Gasteiger charge is 2.65. The molecule has 2 nitrogen and oxygen atoms in total. The molecule has 18 heavy (non-hydrogen) atoms. The topological polar surface area (TPSA) is 37.3 Å². The van der Waals surface area contributed by atoms with Gasteiger partial charge in [-0.15, -0.1) is 0 Å². The Morgan fingerprint density at radius 2 is 2.06 bits per heavy atom. The summed E-state index contributed by atoms with van der Waals surface area (Å²) in [4.78, 5) is 11.6. The molecule has 0 aromatic heterocycles. The first-order valence-electron chi connectivity index (χ1n) is 7.72. The SMILES string of the molecule is CCCC1CC(C)C2C3CC(C12)C(C)(C(=O)O)C3.